The second-order valence-electron chi connectivity index (χ2n) is 6.30. The summed E-state index contributed by atoms with van der Waals surface area (Å²) < 4.78 is 0. The number of unbranched alkanes of at least 4 members (excludes halogenated alkanes) is 9. The molecular formula is C22H51NOS. The van der Waals surface area contributed by atoms with Crippen molar-refractivity contribution >= 4 is 18.9 Å². The maximum absolute atomic E-state index is 10.9. The van der Waals surface area contributed by atoms with Gasteiger partial charge in [0.05, 0.1) is 0 Å². The predicted octanol–water partition coefficient (Wildman–Crippen LogP) is 7.45. The summed E-state index contributed by atoms with van der Waals surface area (Å²) >= 11 is 3.53. The fourth-order valence-electron chi connectivity index (χ4n) is 2.30. The molecule has 0 rings (SSSR count). The Morgan fingerprint density at radius 1 is 0.640 bits per heavy atom. The lowest BCUT2D eigenvalue weighted by atomic mass is 9.95. The molecule has 0 aliphatic heterocycles. The summed E-state index contributed by atoms with van der Waals surface area (Å²) in [6.07, 6.45) is 20.9. The van der Waals surface area contributed by atoms with Gasteiger partial charge in [-0.25, -0.2) is 0 Å². The summed E-state index contributed by atoms with van der Waals surface area (Å²) in [6.45, 7) is 8.84. The van der Waals surface area contributed by atoms with E-state index < -0.39 is 0 Å². The molecule has 0 saturated carbocycles. The SMILES string of the molecule is CCCC.CCCCCCCCC(C=O)CCCCCC.CN.CS. The third-order valence-electron chi connectivity index (χ3n) is 4.05. The van der Waals surface area contributed by atoms with Crippen molar-refractivity contribution in [2.45, 2.75) is 118 Å². The standard InChI is InChI=1S/C16H32O.C4H10.CH5N.CH4S/c1-3-5-7-9-10-12-14-16(15-17)13-11-8-6-4-2;1-3-4-2;2*1-2/h15-16H,3-14H2,1-2H3;3-4H2,1-2H3;2H2,1H3;2H,1H3. The highest BCUT2D eigenvalue weighted by atomic mass is 32.1. The van der Waals surface area contributed by atoms with E-state index in [1.165, 1.54) is 90.4 Å². The van der Waals surface area contributed by atoms with Crippen LogP contribution in [0.25, 0.3) is 0 Å². The van der Waals surface area contributed by atoms with Crippen molar-refractivity contribution in [2.24, 2.45) is 11.7 Å². The van der Waals surface area contributed by atoms with E-state index in [-0.39, 0.29) is 0 Å². The van der Waals surface area contributed by atoms with E-state index in [0.29, 0.717) is 5.92 Å². The molecule has 0 saturated heterocycles. The number of aldehydes is 1. The molecule has 0 aromatic rings. The third-order valence-corrected chi connectivity index (χ3v) is 4.05. The van der Waals surface area contributed by atoms with Crippen molar-refractivity contribution in [3.8, 4) is 0 Å². The molecule has 0 radical (unpaired) electrons. The van der Waals surface area contributed by atoms with Crippen LogP contribution in [0.1, 0.15) is 118 Å². The zero-order valence-corrected chi connectivity index (χ0v) is 19.4. The Morgan fingerprint density at radius 2 is 0.960 bits per heavy atom. The van der Waals surface area contributed by atoms with E-state index in [1.54, 1.807) is 6.26 Å². The molecule has 156 valence electrons. The highest BCUT2D eigenvalue weighted by molar-refractivity contribution is 7.79. The molecule has 0 fully saturated rings. The molecule has 3 heteroatoms. The van der Waals surface area contributed by atoms with E-state index >= 15 is 0 Å². The van der Waals surface area contributed by atoms with Crippen LogP contribution in [0.15, 0.2) is 0 Å². The van der Waals surface area contributed by atoms with Gasteiger partial charge in [0, 0.05) is 5.92 Å². The first kappa shape index (κ1) is 32.6. The maximum Gasteiger partial charge on any atom is 0.123 e. The normalized spacial score (nSPS) is 10.2. The molecule has 2 nitrogen and oxygen atoms in total. The summed E-state index contributed by atoms with van der Waals surface area (Å²) in [5.74, 6) is 0.345. The van der Waals surface area contributed by atoms with Crippen LogP contribution in [-0.2, 0) is 4.79 Å². The van der Waals surface area contributed by atoms with Gasteiger partial charge in [-0.15, -0.1) is 0 Å². The minimum atomic E-state index is 0.345. The number of rotatable bonds is 14. The largest absolute Gasteiger partial charge is 0.333 e. The van der Waals surface area contributed by atoms with Crippen molar-refractivity contribution in [1.29, 1.82) is 0 Å². The zero-order valence-electron chi connectivity index (χ0n) is 18.5. The minimum absolute atomic E-state index is 0.345. The topological polar surface area (TPSA) is 43.1 Å². The van der Waals surface area contributed by atoms with Crippen LogP contribution in [0, 0.1) is 5.92 Å². The molecule has 2 N–H and O–H groups in total. The Morgan fingerprint density at radius 3 is 1.28 bits per heavy atom. The summed E-state index contributed by atoms with van der Waals surface area (Å²) in [6, 6.07) is 0. The van der Waals surface area contributed by atoms with Crippen LogP contribution in [-0.4, -0.2) is 19.6 Å². The van der Waals surface area contributed by atoms with Gasteiger partial charge in [0.2, 0.25) is 0 Å². The highest BCUT2D eigenvalue weighted by Gasteiger charge is 2.06. The van der Waals surface area contributed by atoms with Gasteiger partial charge < -0.3 is 10.5 Å². The van der Waals surface area contributed by atoms with Gasteiger partial charge in [-0.2, -0.15) is 12.6 Å². The van der Waals surface area contributed by atoms with Crippen molar-refractivity contribution in [1.82, 2.24) is 0 Å². The van der Waals surface area contributed by atoms with E-state index in [9.17, 15) is 4.79 Å². The van der Waals surface area contributed by atoms with Gasteiger partial charge in [0.25, 0.3) is 0 Å². The van der Waals surface area contributed by atoms with E-state index in [0.717, 1.165) is 12.8 Å². The fourth-order valence-corrected chi connectivity index (χ4v) is 2.30. The number of hydrogen-bond acceptors (Lipinski definition) is 3. The molecule has 0 aromatic carbocycles. The lowest BCUT2D eigenvalue weighted by Gasteiger charge is -2.09. The van der Waals surface area contributed by atoms with Crippen LogP contribution >= 0.6 is 12.6 Å². The molecule has 0 spiro atoms. The van der Waals surface area contributed by atoms with Crippen LogP contribution in [0.3, 0.4) is 0 Å². The fraction of sp³-hybridized carbons (Fsp3) is 0.955. The third kappa shape index (κ3) is 40.2. The molecule has 0 aliphatic rings. The first-order valence-electron chi connectivity index (χ1n) is 10.7. The average Bonchev–Trinajstić information content (AvgIpc) is 2.69. The Balaban J connectivity index is -0.000000234. The van der Waals surface area contributed by atoms with Crippen molar-refractivity contribution in [3.05, 3.63) is 0 Å². The van der Waals surface area contributed by atoms with Crippen molar-refractivity contribution in [3.63, 3.8) is 0 Å². The molecule has 25 heavy (non-hydrogen) atoms. The lowest BCUT2D eigenvalue weighted by Crippen LogP contribution is -2.02. The first-order chi connectivity index (χ1) is 12.3. The van der Waals surface area contributed by atoms with Crippen LogP contribution < -0.4 is 5.73 Å². The minimum Gasteiger partial charge on any atom is -0.333 e. The van der Waals surface area contributed by atoms with E-state index in [4.69, 9.17) is 0 Å². The van der Waals surface area contributed by atoms with E-state index in [1.807, 2.05) is 0 Å². The lowest BCUT2D eigenvalue weighted by molar-refractivity contribution is -0.111. The predicted molar refractivity (Wildman–Crippen MR) is 122 cm³/mol. The first-order valence-corrected chi connectivity index (χ1v) is 11.6. The van der Waals surface area contributed by atoms with Gasteiger partial charge >= 0.3 is 0 Å². The van der Waals surface area contributed by atoms with Gasteiger partial charge in [-0.3, -0.25) is 0 Å². The Kier molecular flexibility index (Phi) is 51.1. The Bertz CT molecular complexity index is 187. The quantitative estimate of drug-likeness (QED) is 0.187. The second kappa shape index (κ2) is 39.2. The molecule has 1 unspecified atom stereocenters. The summed E-state index contributed by atoms with van der Waals surface area (Å²) in [7, 11) is 1.50. The van der Waals surface area contributed by atoms with Gasteiger partial charge in [-0.1, -0.05) is 105 Å². The number of carbonyl (C=O) groups is 1. The molecule has 0 aliphatic carbocycles. The number of nitrogens with two attached hydrogens (primary N) is 1. The smallest absolute Gasteiger partial charge is 0.123 e. The monoisotopic (exact) mass is 377 g/mol. The van der Waals surface area contributed by atoms with Gasteiger partial charge in [0.1, 0.15) is 6.29 Å². The number of thiol groups is 1. The van der Waals surface area contributed by atoms with Gasteiger partial charge in [-0.05, 0) is 26.1 Å². The molecule has 0 bridgehead atoms. The highest BCUT2D eigenvalue weighted by Crippen LogP contribution is 2.16. The van der Waals surface area contributed by atoms with E-state index in [2.05, 4.69) is 46.1 Å². The Labute approximate surface area is 166 Å². The summed E-state index contributed by atoms with van der Waals surface area (Å²) in [5.41, 5.74) is 4.50. The Hall–Kier alpha value is -0.0200. The summed E-state index contributed by atoms with van der Waals surface area (Å²) in [4.78, 5) is 10.9. The molecular weight excluding hydrogens is 326 g/mol. The number of hydrogen-bond donors (Lipinski definition) is 2. The van der Waals surface area contributed by atoms with Crippen molar-refractivity contribution < 1.29 is 4.79 Å². The summed E-state index contributed by atoms with van der Waals surface area (Å²) in [5, 5.41) is 0. The zero-order chi connectivity index (χ0) is 20.2. The second-order valence-corrected chi connectivity index (χ2v) is 6.30. The molecule has 0 aromatic heterocycles. The average molecular weight is 378 g/mol. The van der Waals surface area contributed by atoms with Crippen LogP contribution in [0.4, 0.5) is 0 Å². The van der Waals surface area contributed by atoms with Crippen LogP contribution in [0.5, 0.6) is 0 Å². The maximum atomic E-state index is 10.9. The van der Waals surface area contributed by atoms with Gasteiger partial charge in [0.15, 0.2) is 0 Å². The van der Waals surface area contributed by atoms with Crippen LogP contribution in [0.2, 0.25) is 0 Å². The molecule has 1 atom stereocenters. The van der Waals surface area contributed by atoms with Crippen molar-refractivity contribution in [2.75, 3.05) is 13.3 Å². The number of carbonyl (C=O) groups excluding carboxylic acids is 1. The molecule has 0 heterocycles. The molecule has 0 amide bonds.